The molecule has 3 aromatic carbocycles. The van der Waals surface area contributed by atoms with Gasteiger partial charge in [-0.15, -0.1) is 0 Å². The first-order valence-electron chi connectivity index (χ1n) is 8.78. The van der Waals surface area contributed by atoms with E-state index in [2.05, 4.69) is 15.4 Å². The summed E-state index contributed by atoms with van der Waals surface area (Å²) in [5.41, 5.74) is 2.41. The number of aryl methyl sites for hydroxylation is 1. The van der Waals surface area contributed by atoms with Gasteiger partial charge in [0.1, 0.15) is 5.75 Å². The fraction of sp³-hybridized carbons (Fsp3) is 0.0952. The molecule has 3 aromatic rings. The highest BCUT2D eigenvalue weighted by Crippen LogP contribution is 2.21. The molecule has 0 aliphatic carbocycles. The quantitative estimate of drug-likeness (QED) is 0.558. The van der Waals surface area contributed by atoms with Gasteiger partial charge in [0, 0.05) is 11.4 Å². The van der Waals surface area contributed by atoms with Crippen molar-refractivity contribution in [1.82, 2.24) is 0 Å². The molecule has 0 heterocycles. The zero-order chi connectivity index (χ0) is 20.9. The van der Waals surface area contributed by atoms with E-state index in [4.69, 9.17) is 4.74 Å². The minimum absolute atomic E-state index is 0.0989. The molecule has 2 amide bonds. The lowest BCUT2D eigenvalue weighted by molar-refractivity contribution is 0.262. The second kappa shape index (κ2) is 8.66. The lowest BCUT2D eigenvalue weighted by Gasteiger charge is -2.11. The summed E-state index contributed by atoms with van der Waals surface area (Å²) in [6.45, 7) is 1.83. The Morgan fingerprint density at radius 2 is 1.38 bits per heavy atom. The van der Waals surface area contributed by atoms with Crippen molar-refractivity contribution in [3.8, 4) is 5.75 Å². The molecule has 0 unspecified atom stereocenters. The van der Waals surface area contributed by atoms with Gasteiger partial charge in [-0.1, -0.05) is 18.2 Å². The van der Waals surface area contributed by atoms with Crippen molar-refractivity contribution in [1.29, 1.82) is 0 Å². The van der Waals surface area contributed by atoms with Crippen molar-refractivity contribution in [2.75, 3.05) is 22.5 Å². The van der Waals surface area contributed by atoms with E-state index in [0.717, 1.165) is 5.56 Å². The zero-order valence-electron chi connectivity index (χ0n) is 16.0. The minimum Gasteiger partial charge on any atom is -0.497 e. The van der Waals surface area contributed by atoms with E-state index >= 15 is 0 Å². The van der Waals surface area contributed by atoms with Gasteiger partial charge in [0.05, 0.1) is 17.7 Å². The molecular weight excluding hydrogens is 390 g/mol. The van der Waals surface area contributed by atoms with Crippen LogP contribution in [0.25, 0.3) is 0 Å². The number of benzene rings is 3. The van der Waals surface area contributed by atoms with Crippen molar-refractivity contribution in [3.05, 3.63) is 78.4 Å². The van der Waals surface area contributed by atoms with E-state index in [1.54, 1.807) is 43.5 Å². The normalized spacial score (nSPS) is 10.8. The van der Waals surface area contributed by atoms with Crippen LogP contribution in [0.15, 0.2) is 77.7 Å². The molecule has 0 aliphatic heterocycles. The summed E-state index contributed by atoms with van der Waals surface area (Å²) in [5, 5.41) is 5.35. The molecule has 0 spiro atoms. The van der Waals surface area contributed by atoms with Gasteiger partial charge in [0.2, 0.25) is 0 Å². The number of amides is 2. The molecule has 0 saturated heterocycles. The van der Waals surface area contributed by atoms with Gasteiger partial charge in [-0.05, 0) is 67.1 Å². The molecular formula is C21H21N3O4S. The van der Waals surface area contributed by atoms with E-state index in [9.17, 15) is 13.2 Å². The topological polar surface area (TPSA) is 96.5 Å². The van der Waals surface area contributed by atoms with Gasteiger partial charge in [0.15, 0.2) is 0 Å². The van der Waals surface area contributed by atoms with E-state index < -0.39 is 16.1 Å². The third-order valence-corrected chi connectivity index (χ3v) is 5.54. The van der Waals surface area contributed by atoms with E-state index in [-0.39, 0.29) is 4.90 Å². The SMILES string of the molecule is COc1ccc(NC(=O)Nc2ccc(S(=O)(=O)Nc3ccccc3C)cc2)cc1. The van der Waals surface area contributed by atoms with Crippen molar-refractivity contribution >= 4 is 33.1 Å². The molecule has 150 valence electrons. The first kappa shape index (κ1) is 20.2. The number of methoxy groups -OCH3 is 1. The van der Waals surface area contributed by atoms with Crippen molar-refractivity contribution in [3.63, 3.8) is 0 Å². The largest absolute Gasteiger partial charge is 0.497 e. The number of hydrogen-bond acceptors (Lipinski definition) is 4. The van der Waals surface area contributed by atoms with Crippen LogP contribution in [-0.2, 0) is 10.0 Å². The fourth-order valence-electron chi connectivity index (χ4n) is 2.58. The Hall–Kier alpha value is -3.52. The number of anilines is 3. The molecule has 0 radical (unpaired) electrons. The van der Waals surface area contributed by atoms with Crippen LogP contribution in [0.4, 0.5) is 21.9 Å². The Balaban J connectivity index is 1.64. The summed E-state index contributed by atoms with van der Waals surface area (Å²) in [6.07, 6.45) is 0. The predicted octanol–water partition coefficient (Wildman–Crippen LogP) is 4.45. The van der Waals surface area contributed by atoms with Crippen molar-refractivity contribution < 1.29 is 17.9 Å². The van der Waals surface area contributed by atoms with Gasteiger partial charge in [-0.2, -0.15) is 0 Å². The lowest BCUT2D eigenvalue weighted by atomic mass is 10.2. The summed E-state index contributed by atoms with van der Waals surface area (Å²) in [6, 6.07) is 19.5. The maximum Gasteiger partial charge on any atom is 0.323 e. The summed E-state index contributed by atoms with van der Waals surface area (Å²) < 4.78 is 32.8. The predicted molar refractivity (Wildman–Crippen MR) is 114 cm³/mol. The van der Waals surface area contributed by atoms with E-state index in [1.165, 1.54) is 24.3 Å². The standard InChI is InChI=1S/C21H21N3O4S/c1-15-5-3-4-6-20(15)24-29(26,27)19-13-9-17(10-14-19)23-21(25)22-16-7-11-18(28-2)12-8-16/h3-14,24H,1-2H3,(H2,22,23,25). The molecule has 7 nitrogen and oxygen atoms in total. The molecule has 3 N–H and O–H groups in total. The van der Waals surface area contributed by atoms with E-state index in [1.807, 2.05) is 19.1 Å². The molecule has 0 atom stereocenters. The first-order chi connectivity index (χ1) is 13.9. The highest BCUT2D eigenvalue weighted by molar-refractivity contribution is 7.92. The summed E-state index contributed by atoms with van der Waals surface area (Å²) in [7, 11) is -2.16. The number of rotatable bonds is 6. The average Bonchev–Trinajstić information content (AvgIpc) is 2.70. The minimum atomic E-state index is -3.73. The Morgan fingerprint density at radius 1 is 0.828 bits per heavy atom. The molecule has 0 saturated carbocycles. The van der Waals surface area contributed by atoms with Crippen molar-refractivity contribution in [2.24, 2.45) is 0 Å². The number of urea groups is 1. The van der Waals surface area contributed by atoms with Gasteiger partial charge in [-0.3, -0.25) is 4.72 Å². The monoisotopic (exact) mass is 411 g/mol. The average molecular weight is 411 g/mol. The molecule has 3 rings (SSSR count). The van der Waals surface area contributed by atoms with Gasteiger partial charge in [0.25, 0.3) is 10.0 Å². The Bertz CT molecular complexity index is 1100. The van der Waals surface area contributed by atoms with Crippen LogP contribution in [0, 0.1) is 6.92 Å². The maximum atomic E-state index is 12.6. The third-order valence-electron chi connectivity index (χ3n) is 4.16. The zero-order valence-corrected chi connectivity index (χ0v) is 16.8. The summed E-state index contributed by atoms with van der Waals surface area (Å²) in [5.74, 6) is 0.687. The molecule has 0 fully saturated rings. The maximum absolute atomic E-state index is 12.6. The lowest BCUT2D eigenvalue weighted by Crippen LogP contribution is -2.19. The first-order valence-corrected chi connectivity index (χ1v) is 10.3. The van der Waals surface area contributed by atoms with Crippen LogP contribution in [0.2, 0.25) is 0 Å². The summed E-state index contributed by atoms with van der Waals surface area (Å²) >= 11 is 0. The second-order valence-electron chi connectivity index (χ2n) is 6.25. The fourth-order valence-corrected chi connectivity index (χ4v) is 3.71. The van der Waals surface area contributed by atoms with Gasteiger partial charge >= 0.3 is 6.03 Å². The number of nitrogens with one attached hydrogen (secondary N) is 3. The van der Waals surface area contributed by atoms with Crippen molar-refractivity contribution in [2.45, 2.75) is 11.8 Å². The number of para-hydroxylation sites is 1. The Morgan fingerprint density at radius 3 is 1.93 bits per heavy atom. The second-order valence-corrected chi connectivity index (χ2v) is 7.93. The van der Waals surface area contributed by atoms with Crippen LogP contribution in [0.3, 0.4) is 0 Å². The van der Waals surface area contributed by atoms with Gasteiger partial charge in [-0.25, -0.2) is 13.2 Å². The molecule has 29 heavy (non-hydrogen) atoms. The van der Waals surface area contributed by atoms with Crippen LogP contribution in [0.1, 0.15) is 5.56 Å². The number of hydrogen-bond donors (Lipinski definition) is 3. The Kier molecular flexibility index (Phi) is 6.04. The van der Waals surface area contributed by atoms with E-state index in [0.29, 0.717) is 22.8 Å². The molecule has 0 aliphatic rings. The van der Waals surface area contributed by atoms with Crippen LogP contribution in [0.5, 0.6) is 5.75 Å². The van der Waals surface area contributed by atoms with Crippen LogP contribution >= 0.6 is 0 Å². The smallest absolute Gasteiger partial charge is 0.323 e. The number of carbonyl (C=O) groups excluding carboxylic acids is 1. The third kappa shape index (κ3) is 5.26. The van der Waals surface area contributed by atoms with Gasteiger partial charge < -0.3 is 15.4 Å². The number of ether oxygens (including phenoxy) is 1. The highest BCUT2D eigenvalue weighted by Gasteiger charge is 2.15. The molecule has 0 bridgehead atoms. The molecule has 8 heteroatoms. The summed E-state index contributed by atoms with van der Waals surface area (Å²) in [4.78, 5) is 12.2. The van der Waals surface area contributed by atoms with Crippen LogP contribution in [-0.4, -0.2) is 21.6 Å². The molecule has 0 aromatic heterocycles. The highest BCUT2D eigenvalue weighted by atomic mass is 32.2. The Labute approximate surface area is 169 Å². The number of carbonyl (C=O) groups is 1. The number of sulfonamides is 1. The van der Waals surface area contributed by atoms with Crippen LogP contribution < -0.4 is 20.1 Å².